The van der Waals surface area contributed by atoms with E-state index < -0.39 is 15.1 Å². The topological polar surface area (TPSA) is 57.9 Å². The highest BCUT2D eigenvalue weighted by Gasteiger charge is 2.31. The molecule has 5 heteroatoms. The van der Waals surface area contributed by atoms with Gasteiger partial charge in [0.15, 0.2) is 9.84 Å². The van der Waals surface area contributed by atoms with Crippen molar-refractivity contribution in [2.45, 2.75) is 30.4 Å². The van der Waals surface area contributed by atoms with Gasteiger partial charge in [0, 0.05) is 9.49 Å². The van der Waals surface area contributed by atoms with Gasteiger partial charge in [0.25, 0.3) is 0 Å². The van der Waals surface area contributed by atoms with Crippen molar-refractivity contribution in [3.8, 4) is 6.07 Å². The van der Waals surface area contributed by atoms with Crippen molar-refractivity contribution < 1.29 is 8.42 Å². The zero-order valence-electron chi connectivity index (χ0n) is 13.0. The predicted molar refractivity (Wildman–Crippen MR) is 99.7 cm³/mol. The molecule has 0 aliphatic carbocycles. The third kappa shape index (κ3) is 4.12. The van der Waals surface area contributed by atoms with E-state index in [-0.39, 0.29) is 12.3 Å². The third-order valence-corrected chi connectivity index (χ3v) is 6.87. The lowest BCUT2D eigenvalue weighted by atomic mass is 10.0. The minimum Gasteiger partial charge on any atom is -0.223 e. The van der Waals surface area contributed by atoms with Crippen LogP contribution in [0.15, 0.2) is 53.4 Å². The van der Waals surface area contributed by atoms with Crippen molar-refractivity contribution in [3.05, 3.63) is 63.2 Å². The minimum absolute atomic E-state index is 0.284. The van der Waals surface area contributed by atoms with Crippen molar-refractivity contribution in [1.29, 1.82) is 5.26 Å². The molecule has 3 nitrogen and oxygen atoms in total. The van der Waals surface area contributed by atoms with Crippen LogP contribution in [0.1, 0.15) is 29.7 Å². The van der Waals surface area contributed by atoms with Gasteiger partial charge in [-0.05, 0) is 66.6 Å². The fourth-order valence-electron chi connectivity index (χ4n) is 2.42. The van der Waals surface area contributed by atoms with Crippen LogP contribution in [0.4, 0.5) is 0 Å². The predicted octanol–water partition coefficient (Wildman–Crippen LogP) is 4.66. The molecule has 0 spiro atoms. The first-order valence-electron chi connectivity index (χ1n) is 7.31. The molecule has 0 aliphatic heterocycles. The molecular formula is C18H18INO2S. The summed E-state index contributed by atoms with van der Waals surface area (Å²) in [6.45, 7) is 3.68. The number of aryl methyl sites for hydroxylation is 1. The molecule has 2 rings (SSSR count). The average Bonchev–Trinajstić information content (AvgIpc) is 2.53. The molecule has 0 bridgehead atoms. The van der Waals surface area contributed by atoms with Crippen molar-refractivity contribution >= 4 is 32.4 Å². The van der Waals surface area contributed by atoms with E-state index in [2.05, 4.69) is 28.7 Å². The van der Waals surface area contributed by atoms with Crippen molar-refractivity contribution in [1.82, 2.24) is 0 Å². The fourth-order valence-corrected chi connectivity index (χ4v) is 5.32. The van der Waals surface area contributed by atoms with Crippen LogP contribution in [0.25, 0.3) is 0 Å². The highest BCUT2D eigenvalue weighted by molar-refractivity contribution is 14.1. The largest absolute Gasteiger partial charge is 0.223 e. The maximum absolute atomic E-state index is 13.1. The third-order valence-electron chi connectivity index (χ3n) is 3.76. The van der Waals surface area contributed by atoms with E-state index in [4.69, 9.17) is 5.26 Å². The number of hydrogen-bond acceptors (Lipinski definition) is 3. The van der Waals surface area contributed by atoms with Gasteiger partial charge in [-0.1, -0.05) is 35.9 Å². The first-order valence-corrected chi connectivity index (χ1v) is 9.93. The molecule has 2 atom stereocenters. The van der Waals surface area contributed by atoms with Gasteiger partial charge < -0.3 is 0 Å². The summed E-state index contributed by atoms with van der Waals surface area (Å²) in [6, 6.07) is 16.5. The summed E-state index contributed by atoms with van der Waals surface area (Å²) < 4.78 is 27.2. The van der Waals surface area contributed by atoms with Gasteiger partial charge in [-0.2, -0.15) is 5.26 Å². The molecule has 2 unspecified atom stereocenters. The second-order valence-electron chi connectivity index (χ2n) is 5.63. The zero-order chi connectivity index (χ0) is 17.0. The second kappa shape index (κ2) is 7.45. The first kappa shape index (κ1) is 18.0. The van der Waals surface area contributed by atoms with E-state index in [1.807, 2.05) is 31.2 Å². The van der Waals surface area contributed by atoms with Crippen LogP contribution in [0.5, 0.6) is 0 Å². The van der Waals surface area contributed by atoms with Gasteiger partial charge in [0.05, 0.1) is 16.2 Å². The number of nitriles is 1. The summed E-state index contributed by atoms with van der Waals surface area (Å²) in [5.74, 6) is -0.337. The number of rotatable bonds is 5. The Morgan fingerprint density at radius 3 is 2.30 bits per heavy atom. The highest BCUT2D eigenvalue weighted by atomic mass is 127. The highest BCUT2D eigenvalue weighted by Crippen LogP contribution is 2.36. The second-order valence-corrected chi connectivity index (χ2v) is 8.93. The summed E-state index contributed by atoms with van der Waals surface area (Å²) in [5, 5.41) is 8.41. The van der Waals surface area contributed by atoms with Crippen LogP contribution in [-0.2, 0) is 9.84 Å². The average molecular weight is 439 g/mol. The molecule has 0 amide bonds. The van der Waals surface area contributed by atoms with E-state index in [0.29, 0.717) is 4.90 Å². The Balaban J connectivity index is 2.55. The Hall–Kier alpha value is -1.39. The molecule has 2 aromatic rings. The molecule has 0 aromatic heterocycles. The zero-order valence-corrected chi connectivity index (χ0v) is 16.0. The van der Waals surface area contributed by atoms with Crippen LogP contribution in [-0.4, -0.2) is 8.42 Å². The Morgan fingerprint density at radius 2 is 1.74 bits per heavy atom. The maximum atomic E-state index is 13.1. The summed E-state index contributed by atoms with van der Waals surface area (Å²) in [6.07, 6.45) is 0.284. The lowest BCUT2D eigenvalue weighted by Gasteiger charge is -2.20. The lowest BCUT2D eigenvalue weighted by molar-refractivity contribution is 0.556. The number of sulfone groups is 1. The molecule has 0 radical (unpaired) electrons. The number of nitrogens with zero attached hydrogens (tertiary/aromatic N) is 1. The molecule has 23 heavy (non-hydrogen) atoms. The monoisotopic (exact) mass is 439 g/mol. The Kier molecular flexibility index (Phi) is 5.82. The van der Waals surface area contributed by atoms with E-state index in [1.165, 1.54) is 0 Å². The van der Waals surface area contributed by atoms with Crippen molar-refractivity contribution in [2.75, 3.05) is 0 Å². The van der Waals surface area contributed by atoms with Crippen LogP contribution >= 0.6 is 22.6 Å². The minimum atomic E-state index is -3.55. The number of benzene rings is 2. The Bertz CT molecular complexity index is 823. The van der Waals surface area contributed by atoms with Crippen molar-refractivity contribution in [2.24, 2.45) is 5.92 Å². The molecule has 0 saturated heterocycles. The molecule has 0 N–H and O–H groups in total. The van der Waals surface area contributed by atoms with E-state index >= 15 is 0 Å². The van der Waals surface area contributed by atoms with Gasteiger partial charge in [0.2, 0.25) is 0 Å². The van der Waals surface area contributed by atoms with Gasteiger partial charge in [-0.3, -0.25) is 0 Å². The normalized spacial score (nSPS) is 14.0. The molecule has 0 fully saturated rings. The van der Waals surface area contributed by atoms with Crippen LogP contribution in [0, 0.1) is 27.7 Å². The molecule has 120 valence electrons. The Morgan fingerprint density at radius 1 is 1.13 bits per heavy atom. The lowest BCUT2D eigenvalue weighted by Crippen LogP contribution is -2.17. The number of hydrogen-bond donors (Lipinski definition) is 0. The molecule has 0 saturated carbocycles. The standard InChI is InChI=1S/C18H18INO2S/c1-13-7-9-15(10-8-13)23(21,22)18(11-14(2)12-20)16-5-3-4-6-17(16)19/h3-10,14,18H,11H2,1-2H3. The quantitative estimate of drug-likeness (QED) is 0.637. The first-order chi connectivity index (χ1) is 10.9. The van der Waals surface area contributed by atoms with Crippen LogP contribution in [0.2, 0.25) is 0 Å². The summed E-state index contributed by atoms with van der Waals surface area (Å²) in [7, 11) is -3.55. The van der Waals surface area contributed by atoms with Gasteiger partial charge in [0.1, 0.15) is 0 Å². The summed E-state index contributed by atoms with van der Waals surface area (Å²) >= 11 is 2.15. The summed E-state index contributed by atoms with van der Waals surface area (Å²) in [5.41, 5.74) is 1.77. The molecule has 0 heterocycles. The van der Waals surface area contributed by atoms with E-state index in [0.717, 1.165) is 14.7 Å². The molecule has 2 aromatic carbocycles. The van der Waals surface area contributed by atoms with Gasteiger partial charge in [-0.25, -0.2) is 8.42 Å². The fraction of sp³-hybridized carbons (Fsp3) is 0.278. The number of halogens is 1. The van der Waals surface area contributed by atoms with Crippen molar-refractivity contribution in [3.63, 3.8) is 0 Å². The SMILES string of the molecule is Cc1ccc(S(=O)(=O)C(CC(C)C#N)c2ccccc2I)cc1. The maximum Gasteiger partial charge on any atom is 0.185 e. The van der Waals surface area contributed by atoms with Gasteiger partial charge >= 0.3 is 0 Å². The van der Waals surface area contributed by atoms with E-state index in [9.17, 15) is 8.42 Å². The molecular weight excluding hydrogens is 421 g/mol. The van der Waals surface area contributed by atoms with E-state index in [1.54, 1.807) is 31.2 Å². The van der Waals surface area contributed by atoms with Crippen LogP contribution < -0.4 is 0 Å². The Labute approximate surface area is 151 Å². The van der Waals surface area contributed by atoms with Gasteiger partial charge in [-0.15, -0.1) is 0 Å². The molecule has 0 aliphatic rings. The van der Waals surface area contributed by atoms with Crippen LogP contribution in [0.3, 0.4) is 0 Å². The summed E-state index contributed by atoms with van der Waals surface area (Å²) in [4.78, 5) is 0.304. The smallest absolute Gasteiger partial charge is 0.185 e.